The molecular formula is C16H32N2O. The van der Waals surface area contributed by atoms with E-state index >= 15 is 0 Å². The summed E-state index contributed by atoms with van der Waals surface area (Å²) in [4.78, 5) is 2.63. The molecule has 2 aliphatic rings. The first-order valence-electron chi connectivity index (χ1n) is 8.33. The predicted octanol–water partition coefficient (Wildman–Crippen LogP) is 2.38. The minimum Gasteiger partial charge on any atom is -0.395 e. The first kappa shape index (κ1) is 15.3. The molecule has 0 spiro atoms. The maximum Gasteiger partial charge on any atom is 0.0558 e. The lowest BCUT2D eigenvalue weighted by atomic mass is 9.77. The van der Waals surface area contributed by atoms with Crippen molar-refractivity contribution < 1.29 is 5.11 Å². The van der Waals surface area contributed by atoms with E-state index in [1.807, 2.05) is 0 Å². The molecule has 0 radical (unpaired) electrons. The van der Waals surface area contributed by atoms with Gasteiger partial charge < -0.3 is 10.8 Å². The Morgan fingerprint density at radius 2 is 1.84 bits per heavy atom. The highest BCUT2D eigenvalue weighted by molar-refractivity contribution is 4.90. The summed E-state index contributed by atoms with van der Waals surface area (Å²) in [6.45, 7) is 4.32. The summed E-state index contributed by atoms with van der Waals surface area (Å²) in [6.07, 6.45) is 10.6. The number of nitrogens with zero attached hydrogens (tertiary/aromatic N) is 1. The second-order valence-corrected chi connectivity index (χ2v) is 6.73. The fourth-order valence-corrected chi connectivity index (χ4v) is 4.24. The van der Waals surface area contributed by atoms with Gasteiger partial charge in [-0.3, -0.25) is 4.90 Å². The van der Waals surface area contributed by atoms with Crippen LogP contribution >= 0.6 is 0 Å². The van der Waals surface area contributed by atoms with Crippen molar-refractivity contribution in [2.24, 2.45) is 17.6 Å². The van der Waals surface area contributed by atoms with E-state index < -0.39 is 0 Å². The third-order valence-corrected chi connectivity index (χ3v) is 5.35. The van der Waals surface area contributed by atoms with Gasteiger partial charge in [0.25, 0.3) is 0 Å². The maximum atomic E-state index is 9.45. The van der Waals surface area contributed by atoms with Gasteiger partial charge in [0.2, 0.25) is 0 Å². The van der Waals surface area contributed by atoms with E-state index in [2.05, 4.69) is 11.8 Å². The normalized spacial score (nSPS) is 33.8. The molecule has 3 atom stereocenters. The van der Waals surface area contributed by atoms with Crippen LogP contribution in [0.5, 0.6) is 0 Å². The van der Waals surface area contributed by atoms with E-state index in [0.29, 0.717) is 24.6 Å². The van der Waals surface area contributed by atoms with Crippen molar-refractivity contribution >= 4 is 0 Å². The van der Waals surface area contributed by atoms with E-state index in [4.69, 9.17) is 5.73 Å². The monoisotopic (exact) mass is 268 g/mol. The molecule has 3 heteroatoms. The van der Waals surface area contributed by atoms with Crippen molar-refractivity contribution in [3.63, 3.8) is 0 Å². The lowest BCUT2D eigenvalue weighted by Crippen LogP contribution is -2.52. The molecule has 3 unspecified atom stereocenters. The van der Waals surface area contributed by atoms with Crippen molar-refractivity contribution in [2.45, 2.75) is 70.4 Å². The van der Waals surface area contributed by atoms with Crippen LogP contribution in [0.2, 0.25) is 0 Å². The summed E-state index contributed by atoms with van der Waals surface area (Å²) < 4.78 is 0. The molecule has 3 nitrogen and oxygen atoms in total. The zero-order valence-electron chi connectivity index (χ0n) is 12.6. The van der Waals surface area contributed by atoms with Crippen LogP contribution in [0.3, 0.4) is 0 Å². The van der Waals surface area contributed by atoms with Crippen LogP contribution in [0.15, 0.2) is 0 Å². The minimum absolute atomic E-state index is 0.290. The zero-order valence-corrected chi connectivity index (χ0v) is 12.6. The number of aliphatic hydroxyl groups is 1. The van der Waals surface area contributed by atoms with Crippen LogP contribution in [-0.2, 0) is 0 Å². The highest BCUT2D eigenvalue weighted by atomic mass is 16.3. The molecule has 0 aromatic rings. The van der Waals surface area contributed by atoms with Gasteiger partial charge in [0.15, 0.2) is 0 Å². The predicted molar refractivity (Wildman–Crippen MR) is 80.0 cm³/mol. The largest absolute Gasteiger partial charge is 0.395 e. The first-order valence-corrected chi connectivity index (χ1v) is 8.33. The SMILES string of the molecule is CC1CCC(CN)C(N(CCO)C2CCCCC2)C1. The van der Waals surface area contributed by atoms with Crippen LogP contribution in [0.1, 0.15) is 58.3 Å². The van der Waals surface area contributed by atoms with E-state index in [-0.39, 0.29) is 0 Å². The summed E-state index contributed by atoms with van der Waals surface area (Å²) in [5, 5.41) is 9.45. The van der Waals surface area contributed by atoms with Gasteiger partial charge >= 0.3 is 0 Å². The second-order valence-electron chi connectivity index (χ2n) is 6.73. The quantitative estimate of drug-likeness (QED) is 0.805. The highest BCUT2D eigenvalue weighted by Crippen LogP contribution is 2.35. The smallest absolute Gasteiger partial charge is 0.0558 e. The van der Waals surface area contributed by atoms with Crippen LogP contribution in [-0.4, -0.2) is 41.8 Å². The van der Waals surface area contributed by atoms with Gasteiger partial charge in [-0.1, -0.05) is 32.6 Å². The van der Waals surface area contributed by atoms with E-state index in [9.17, 15) is 5.11 Å². The Morgan fingerprint density at radius 3 is 2.47 bits per heavy atom. The van der Waals surface area contributed by atoms with Gasteiger partial charge in [0.1, 0.15) is 0 Å². The molecule has 0 saturated heterocycles. The maximum absolute atomic E-state index is 9.45. The Balaban J connectivity index is 2.05. The second kappa shape index (κ2) is 7.61. The Labute approximate surface area is 118 Å². The van der Waals surface area contributed by atoms with Gasteiger partial charge in [0.05, 0.1) is 6.61 Å². The third kappa shape index (κ3) is 3.93. The van der Waals surface area contributed by atoms with E-state index in [1.54, 1.807) is 0 Å². The van der Waals surface area contributed by atoms with Crippen molar-refractivity contribution in [2.75, 3.05) is 19.7 Å². The number of nitrogens with two attached hydrogens (primary N) is 1. The Bertz CT molecular complexity index is 253. The zero-order chi connectivity index (χ0) is 13.7. The number of hydrogen-bond acceptors (Lipinski definition) is 3. The molecule has 2 fully saturated rings. The molecule has 2 saturated carbocycles. The first-order chi connectivity index (χ1) is 9.26. The van der Waals surface area contributed by atoms with Crippen molar-refractivity contribution in [1.29, 1.82) is 0 Å². The molecule has 3 N–H and O–H groups in total. The average Bonchev–Trinajstić information content (AvgIpc) is 2.45. The molecule has 19 heavy (non-hydrogen) atoms. The van der Waals surface area contributed by atoms with Crippen LogP contribution in [0, 0.1) is 11.8 Å². The Hall–Kier alpha value is -0.120. The molecule has 0 aromatic carbocycles. The minimum atomic E-state index is 0.290. The standard InChI is InChI=1S/C16H32N2O/c1-13-7-8-14(12-17)16(11-13)18(9-10-19)15-5-3-2-4-6-15/h13-16,19H,2-12,17H2,1H3. The van der Waals surface area contributed by atoms with Gasteiger partial charge in [-0.05, 0) is 44.1 Å². The number of aliphatic hydroxyl groups excluding tert-OH is 1. The van der Waals surface area contributed by atoms with Gasteiger partial charge in [-0.2, -0.15) is 0 Å². The third-order valence-electron chi connectivity index (χ3n) is 5.35. The molecule has 0 aromatic heterocycles. The highest BCUT2D eigenvalue weighted by Gasteiger charge is 2.35. The van der Waals surface area contributed by atoms with Crippen LogP contribution < -0.4 is 5.73 Å². The fraction of sp³-hybridized carbons (Fsp3) is 1.00. The molecule has 0 bridgehead atoms. The van der Waals surface area contributed by atoms with Crippen LogP contribution in [0.25, 0.3) is 0 Å². The molecule has 2 aliphatic carbocycles. The molecule has 0 amide bonds. The van der Waals surface area contributed by atoms with Gasteiger partial charge in [-0.25, -0.2) is 0 Å². The van der Waals surface area contributed by atoms with Crippen molar-refractivity contribution in [3.8, 4) is 0 Å². The molecule has 0 heterocycles. The number of rotatable bonds is 5. The van der Waals surface area contributed by atoms with Crippen molar-refractivity contribution in [3.05, 3.63) is 0 Å². The molecule has 112 valence electrons. The summed E-state index contributed by atoms with van der Waals surface area (Å²) in [5.41, 5.74) is 6.01. The summed E-state index contributed by atoms with van der Waals surface area (Å²) >= 11 is 0. The van der Waals surface area contributed by atoms with Gasteiger partial charge in [-0.15, -0.1) is 0 Å². The molecular weight excluding hydrogens is 236 g/mol. The topological polar surface area (TPSA) is 49.5 Å². The van der Waals surface area contributed by atoms with Crippen LogP contribution in [0.4, 0.5) is 0 Å². The number of hydrogen-bond donors (Lipinski definition) is 2. The summed E-state index contributed by atoms with van der Waals surface area (Å²) in [6, 6.07) is 1.31. The summed E-state index contributed by atoms with van der Waals surface area (Å²) in [7, 11) is 0. The lowest BCUT2D eigenvalue weighted by Gasteiger charge is -2.46. The van der Waals surface area contributed by atoms with E-state index in [0.717, 1.165) is 19.0 Å². The lowest BCUT2D eigenvalue weighted by molar-refractivity contribution is 0.0226. The molecule has 2 rings (SSSR count). The Kier molecular flexibility index (Phi) is 6.11. The van der Waals surface area contributed by atoms with Crippen molar-refractivity contribution in [1.82, 2.24) is 4.90 Å². The molecule has 0 aliphatic heterocycles. The average molecular weight is 268 g/mol. The summed E-state index contributed by atoms with van der Waals surface area (Å²) in [5.74, 6) is 1.46. The Morgan fingerprint density at radius 1 is 1.11 bits per heavy atom. The van der Waals surface area contributed by atoms with Gasteiger partial charge in [0, 0.05) is 18.6 Å². The van der Waals surface area contributed by atoms with E-state index in [1.165, 1.54) is 51.4 Å². The fourth-order valence-electron chi connectivity index (χ4n) is 4.24.